The lowest BCUT2D eigenvalue weighted by atomic mass is 9.93. The molecule has 0 saturated carbocycles. The highest BCUT2D eigenvalue weighted by Gasteiger charge is 2.27. The van der Waals surface area contributed by atoms with Gasteiger partial charge in [-0.25, -0.2) is 0 Å². The summed E-state index contributed by atoms with van der Waals surface area (Å²) >= 11 is 0. The monoisotopic (exact) mass is 288 g/mol. The average molecular weight is 288 g/mol. The molecule has 0 aliphatic heterocycles. The van der Waals surface area contributed by atoms with Gasteiger partial charge in [-0.1, -0.05) is 58.3 Å². The third-order valence-corrected chi connectivity index (χ3v) is 3.53. The van der Waals surface area contributed by atoms with Crippen LogP contribution < -0.4 is 0 Å². The average Bonchev–Trinajstić information content (AvgIpc) is 2.35. The molecule has 3 N–H and O–H groups in total. The summed E-state index contributed by atoms with van der Waals surface area (Å²) in [4.78, 5) is 21.5. The number of rotatable bonds is 13. The summed E-state index contributed by atoms with van der Waals surface area (Å²) in [6.07, 6.45) is 7.41. The standard InChI is InChI=1S/C15H28O5/c1-2-3-4-5-6-7-8-9-10-12(15(19)20)13(16)11-14(17)18/h12-13,16H,2-11H2,1H3,(H,17,18)(H,19,20)/t12-,13+/m0/s1. The molecule has 0 radical (unpaired) electrons. The molecule has 2 atom stereocenters. The largest absolute Gasteiger partial charge is 0.481 e. The second-order valence-electron chi connectivity index (χ2n) is 5.37. The van der Waals surface area contributed by atoms with Crippen molar-refractivity contribution in [1.29, 1.82) is 0 Å². The van der Waals surface area contributed by atoms with E-state index in [9.17, 15) is 14.7 Å². The number of carboxylic acid groups (broad SMARTS) is 2. The lowest BCUT2D eigenvalue weighted by Crippen LogP contribution is -2.30. The van der Waals surface area contributed by atoms with Crippen LogP contribution in [0.15, 0.2) is 0 Å². The predicted octanol–water partition coefficient (Wildman–Crippen LogP) is 3.05. The molecule has 0 bridgehead atoms. The van der Waals surface area contributed by atoms with E-state index in [2.05, 4.69) is 6.92 Å². The summed E-state index contributed by atoms with van der Waals surface area (Å²) in [5, 5.41) is 27.2. The minimum absolute atomic E-state index is 0.346. The van der Waals surface area contributed by atoms with Crippen LogP contribution in [-0.4, -0.2) is 33.4 Å². The number of carboxylic acids is 2. The maximum atomic E-state index is 11.0. The van der Waals surface area contributed by atoms with Gasteiger partial charge in [-0.05, 0) is 6.42 Å². The van der Waals surface area contributed by atoms with Gasteiger partial charge in [-0.2, -0.15) is 0 Å². The number of carbonyl (C=O) groups is 2. The summed E-state index contributed by atoms with van der Waals surface area (Å²) in [6.45, 7) is 2.18. The van der Waals surface area contributed by atoms with Gasteiger partial charge < -0.3 is 15.3 Å². The molecule has 5 heteroatoms. The van der Waals surface area contributed by atoms with Gasteiger partial charge in [-0.3, -0.25) is 9.59 Å². The Morgan fingerprint density at radius 1 is 0.900 bits per heavy atom. The van der Waals surface area contributed by atoms with Gasteiger partial charge in [0.2, 0.25) is 0 Å². The molecular weight excluding hydrogens is 260 g/mol. The Labute approximate surface area is 121 Å². The molecule has 0 fully saturated rings. The SMILES string of the molecule is CCCCCCCCCC[C@H](C(=O)O)[C@H](O)CC(=O)O. The smallest absolute Gasteiger partial charge is 0.309 e. The normalized spacial score (nSPS) is 13.9. The fraction of sp³-hybridized carbons (Fsp3) is 0.867. The van der Waals surface area contributed by atoms with E-state index in [4.69, 9.17) is 10.2 Å². The van der Waals surface area contributed by atoms with Gasteiger partial charge in [0.15, 0.2) is 0 Å². The van der Waals surface area contributed by atoms with Crippen molar-refractivity contribution in [3.63, 3.8) is 0 Å². The van der Waals surface area contributed by atoms with E-state index in [0.717, 1.165) is 25.7 Å². The van der Waals surface area contributed by atoms with Crippen LogP contribution in [0.5, 0.6) is 0 Å². The summed E-state index contributed by atoms with van der Waals surface area (Å²) in [6, 6.07) is 0. The fourth-order valence-electron chi connectivity index (χ4n) is 2.30. The summed E-state index contributed by atoms with van der Waals surface area (Å²) in [5.41, 5.74) is 0. The van der Waals surface area contributed by atoms with Crippen LogP contribution in [0.25, 0.3) is 0 Å². The molecule has 0 heterocycles. The summed E-state index contributed by atoms with van der Waals surface area (Å²) in [5.74, 6) is -3.24. The van der Waals surface area contributed by atoms with Crippen molar-refractivity contribution in [3.8, 4) is 0 Å². The molecule has 0 saturated heterocycles. The quantitative estimate of drug-likeness (QED) is 0.453. The van der Waals surface area contributed by atoms with Crippen molar-refractivity contribution in [2.45, 2.75) is 77.2 Å². The Kier molecular flexibility index (Phi) is 11.1. The molecule has 0 unspecified atom stereocenters. The molecule has 0 rings (SSSR count). The van der Waals surface area contributed by atoms with Crippen molar-refractivity contribution in [2.75, 3.05) is 0 Å². The molecule has 0 amide bonds. The van der Waals surface area contributed by atoms with E-state index >= 15 is 0 Å². The zero-order valence-corrected chi connectivity index (χ0v) is 12.4. The van der Waals surface area contributed by atoms with E-state index in [1.165, 1.54) is 25.7 Å². The first kappa shape index (κ1) is 18.9. The molecule has 5 nitrogen and oxygen atoms in total. The highest BCUT2D eigenvalue weighted by Crippen LogP contribution is 2.18. The van der Waals surface area contributed by atoms with E-state index in [0.29, 0.717) is 6.42 Å². The summed E-state index contributed by atoms with van der Waals surface area (Å²) < 4.78 is 0. The van der Waals surface area contributed by atoms with Crippen LogP contribution in [0.1, 0.15) is 71.1 Å². The van der Waals surface area contributed by atoms with Gasteiger partial charge in [-0.15, -0.1) is 0 Å². The van der Waals surface area contributed by atoms with Crippen molar-refractivity contribution in [2.24, 2.45) is 5.92 Å². The highest BCUT2D eigenvalue weighted by molar-refractivity contribution is 5.73. The Bertz CT molecular complexity index is 277. The maximum absolute atomic E-state index is 11.0. The first-order valence-corrected chi connectivity index (χ1v) is 7.61. The van der Waals surface area contributed by atoms with Crippen LogP contribution in [0.4, 0.5) is 0 Å². The van der Waals surface area contributed by atoms with Crippen molar-refractivity contribution >= 4 is 11.9 Å². The van der Waals surface area contributed by atoms with Crippen molar-refractivity contribution < 1.29 is 24.9 Å². The van der Waals surface area contributed by atoms with Crippen LogP contribution in [0.2, 0.25) is 0 Å². The van der Waals surface area contributed by atoms with Gasteiger partial charge in [0.1, 0.15) is 0 Å². The molecule has 20 heavy (non-hydrogen) atoms. The van der Waals surface area contributed by atoms with E-state index in [1.807, 2.05) is 0 Å². The molecule has 118 valence electrons. The highest BCUT2D eigenvalue weighted by atomic mass is 16.4. The van der Waals surface area contributed by atoms with E-state index in [1.54, 1.807) is 0 Å². The first-order chi connectivity index (χ1) is 9.49. The lowest BCUT2D eigenvalue weighted by Gasteiger charge is -2.17. The van der Waals surface area contributed by atoms with Gasteiger partial charge in [0, 0.05) is 0 Å². The van der Waals surface area contributed by atoms with Crippen LogP contribution in [0, 0.1) is 5.92 Å². The molecule has 0 aromatic rings. The second kappa shape index (κ2) is 11.7. The number of hydrogen-bond donors (Lipinski definition) is 3. The minimum atomic E-state index is -1.30. The molecule has 0 aromatic carbocycles. The first-order valence-electron chi connectivity index (χ1n) is 7.61. The number of hydrogen-bond acceptors (Lipinski definition) is 3. The fourth-order valence-corrected chi connectivity index (χ4v) is 2.30. The van der Waals surface area contributed by atoms with Gasteiger partial charge >= 0.3 is 11.9 Å². The van der Waals surface area contributed by atoms with Gasteiger partial charge in [0.25, 0.3) is 0 Å². The third-order valence-electron chi connectivity index (χ3n) is 3.53. The predicted molar refractivity (Wildman–Crippen MR) is 76.6 cm³/mol. The molecule has 0 aliphatic rings. The van der Waals surface area contributed by atoms with Crippen LogP contribution >= 0.6 is 0 Å². The Hall–Kier alpha value is -1.10. The Balaban J connectivity index is 3.76. The Morgan fingerprint density at radius 2 is 1.40 bits per heavy atom. The van der Waals surface area contributed by atoms with E-state index in [-0.39, 0.29) is 0 Å². The number of aliphatic carboxylic acids is 2. The minimum Gasteiger partial charge on any atom is -0.481 e. The molecule has 0 aromatic heterocycles. The maximum Gasteiger partial charge on any atom is 0.309 e. The van der Waals surface area contributed by atoms with Gasteiger partial charge in [0.05, 0.1) is 18.4 Å². The molecule has 0 spiro atoms. The topological polar surface area (TPSA) is 94.8 Å². The molecule has 0 aliphatic carbocycles. The third kappa shape index (κ3) is 9.78. The Morgan fingerprint density at radius 3 is 1.85 bits per heavy atom. The number of unbranched alkanes of at least 4 members (excludes halogenated alkanes) is 7. The summed E-state index contributed by atoms with van der Waals surface area (Å²) in [7, 11) is 0. The van der Waals surface area contributed by atoms with Crippen molar-refractivity contribution in [3.05, 3.63) is 0 Å². The van der Waals surface area contributed by atoms with E-state index < -0.39 is 30.4 Å². The zero-order valence-electron chi connectivity index (χ0n) is 12.4. The second-order valence-corrected chi connectivity index (χ2v) is 5.37. The number of aliphatic hydroxyl groups excluding tert-OH is 1. The zero-order chi connectivity index (χ0) is 15.4. The van der Waals surface area contributed by atoms with Crippen LogP contribution in [-0.2, 0) is 9.59 Å². The molecular formula is C15H28O5. The van der Waals surface area contributed by atoms with Crippen molar-refractivity contribution in [1.82, 2.24) is 0 Å². The lowest BCUT2D eigenvalue weighted by molar-refractivity contribution is -0.148. The number of aliphatic hydroxyl groups is 1. The van der Waals surface area contributed by atoms with Crippen LogP contribution in [0.3, 0.4) is 0 Å².